The number of hydrogen-bond donors (Lipinski definition) is 3. The number of benzene rings is 2. The number of nitrogens with one attached hydrogen (secondary N) is 3. The summed E-state index contributed by atoms with van der Waals surface area (Å²) in [6.45, 7) is 6.82. The van der Waals surface area contributed by atoms with Crippen molar-refractivity contribution in [2.24, 2.45) is 4.99 Å². The van der Waals surface area contributed by atoms with Crippen molar-refractivity contribution in [3.63, 3.8) is 0 Å². The second-order valence-corrected chi connectivity index (χ2v) is 14.0. The van der Waals surface area contributed by atoms with E-state index in [0.717, 1.165) is 38.8 Å². The highest BCUT2D eigenvalue weighted by molar-refractivity contribution is 7.15. The number of rotatable bonds is 12. The summed E-state index contributed by atoms with van der Waals surface area (Å²) in [5.41, 5.74) is 4.64. The van der Waals surface area contributed by atoms with Crippen LogP contribution in [0, 0.1) is 20.8 Å². The molecule has 2 aliphatic rings. The topological polar surface area (TPSA) is 157 Å². The number of imide groups is 1. The van der Waals surface area contributed by atoms with Crippen molar-refractivity contribution < 1.29 is 23.9 Å². The summed E-state index contributed by atoms with van der Waals surface area (Å²) in [4.78, 5) is 55.3. The van der Waals surface area contributed by atoms with E-state index in [9.17, 15) is 19.2 Å². The highest BCUT2D eigenvalue weighted by Crippen LogP contribution is 2.39. The molecule has 12 nitrogen and oxygen atoms in total. The average Bonchev–Trinajstić information content (AvgIpc) is 3.57. The summed E-state index contributed by atoms with van der Waals surface area (Å²) >= 11 is 7.86. The molecule has 2 aromatic heterocycles. The predicted octanol–water partition coefficient (Wildman–Crippen LogP) is 4.80. The van der Waals surface area contributed by atoms with E-state index in [2.05, 4.69) is 40.0 Å². The summed E-state index contributed by atoms with van der Waals surface area (Å²) in [6, 6.07) is 14.0. The quantitative estimate of drug-likeness (QED) is 0.141. The van der Waals surface area contributed by atoms with Gasteiger partial charge in [-0.25, -0.2) is 0 Å². The Morgan fingerprint density at radius 3 is 2.38 bits per heavy atom. The number of aryl methyl sites for hydroxylation is 2. The Bertz CT molecular complexity index is 1950. The Labute approximate surface area is 298 Å². The maximum absolute atomic E-state index is 13.2. The van der Waals surface area contributed by atoms with Gasteiger partial charge in [-0.1, -0.05) is 35.9 Å². The van der Waals surface area contributed by atoms with Crippen LogP contribution in [0.25, 0.3) is 5.00 Å². The molecule has 6 rings (SSSR count). The molecule has 2 aromatic carbocycles. The number of piperidine rings is 1. The number of aliphatic imine (C=N–C) groups is 1. The van der Waals surface area contributed by atoms with E-state index in [1.807, 2.05) is 35.8 Å². The molecular weight excluding hydrogens is 678 g/mol. The smallest absolute Gasteiger partial charge is 0.257 e. The average molecular weight is 716 g/mol. The first kappa shape index (κ1) is 35.0. The predicted molar refractivity (Wildman–Crippen MR) is 190 cm³/mol. The lowest BCUT2D eigenvalue weighted by atomic mass is 9.90. The van der Waals surface area contributed by atoms with E-state index < -0.39 is 6.04 Å². The van der Waals surface area contributed by atoms with Crippen molar-refractivity contribution in [3.8, 4) is 10.8 Å². The SMILES string of the molecule is Cc1sc2c(c1C)C(c1ccc(Cl)cc1)=N[C@@H](CC(=O)NCCCCNC(=O)COc1ccc(C3CCC(=O)NC3=O)cc1)c1nnc(C)n1-2. The first-order valence-electron chi connectivity index (χ1n) is 16.5. The van der Waals surface area contributed by atoms with Crippen LogP contribution >= 0.6 is 22.9 Å². The maximum Gasteiger partial charge on any atom is 0.257 e. The van der Waals surface area contributed by atoms with Crippen LogP contribution in [0.3, 0.4) is 0 Å². The van der Waals surface area contributed by atoms with E-state index in [-0.39, 0.29) is 42.6 Å². The van der Waals surface area contributed by atoms with Crippen LogP contribution in [0.2, 0.25) is 5.02 Å². The standard InChI is InChI=1S/C36H38ClN7O5S/c1-20-21(2)50-36-32(20)33(24-6-10-25(37)11-7-24)40-28(34-43-42-22(3)44(34)36)18-30(46)38-16-4-5-17-39-31(47)19-49-26-12-8-23(9-13-26)27-14-15-29(45)41-35(27)48/h6-13,27-28H,4-5,14-19H2,1-3H3,(H,38,46)(H,39,47)(H,41,45,48)/t27?,28-/m0/s1. The normalized spacial score (nSPS) is 16.8. The van der Waals surface area contributed by atoms with E-state index in [1.165, 1.54) is 4.88 Å². The van der Waals surface area contributed by atoms with Crippen molar-refractivity contribution in [1.29, 1.82) is 0 Å². The minimum Gasteiger partial charge on any atom is -0.484 e. The third kappa shape index (κ3) is 7.79. The number of thiophene rings is 1. The Kier molecular flexibility index (Phi) is 10.7. The Morgan fingerprint density at radius 2 is 1.68 bits per heavy atom. The fraction of sp³-hybridized carbons (Fsp3) is 0.361. The van der Waals surface area contributed by atoms with Gasteiger partial charge in [0.15, 0.2) is 12.4 Å². The molecule has 260 valence electrons. The number of unbranched alkanes of at least 4 members (excludes halogenated alkanes) is 1. The summed E-state index contributed by atoms with van der Waals surface area (Å²) in [6.07, 6.45) is 2.22. The largest absolute Gasteiger partial charge is 0.484 e. The zero-order valence-electron chi connectivity index (χ0n) is 28.0. The third-order valence-corrected chi connectivity index (χ3v) is 10.3. The molecule has 4 amide bonds. The molecule has 50 heavy (non-hydrogen) atoms. The molecule has 2 aliphatic heterocycles. The molecule has 0 spiro atoms. The lowest BCUT2D eigenvalue weighted by Gasteiger charge is -2.21. The minimum atomic E-state index is -0.547. The van der Waals surface area contributed by atoms with E-state index in [0.29, 0.717) is 55.4 Å². The van der Waals surface area contributed by atoms with Crippen molar-refractivity contribution in [1.82, 2.24) is 30.7 Å². The third-order valence-electron chi connectivity index (χ3n) is 8.88. The van der Waals surface area contributed by atoms with Crippen molar-refractivity contribution in [3.05, 3.63) is 92.3 Å². The first-order chi connectivity index (χ1) is 24.1. The number of amides is 4. The fourth-order valence-electron chi connectivity index (χ4n) is 6.09. The van der Waals surface area contributed by atoms with E-state index >= 15 is 0 Å². The molecule has 14 heteroatoms. The van der Waals surface area contributed by atoms with Gasteiger partial charge in [0.05, 0.1) is 18.1 Å². The molecule has 0 radical (unpaired) electrons. The number of fused-ring (bicyclic) bond motifs is 3. The summed E-state index contributed by atoms with van der Waals surface area (Å²) < 4.78 is 7.61. The van der Waals surface area contributed by atoms with Gasteiger partial charge < -0.3 is 15.4 Å². The van der Waals surface area contributed by atoms with Gasteiger partial charge >= 0.3 is 0 Å². The summed E-state index contributed by atoms with van der Waals surface area (Å²) in [5.74, 6) is 0.528. The van der Waals surface area contributed by atoms with Crippen LogP contribution in [0.15, 0.2) is 53.5 Å². The van der Waals surface area contributed by atoms with Crippen molar-refractivity contribution in [2.75, 3.05) is 19.7 Å². The number of hydrogen-bond acceptors (Lipinski definition) is 9. The van der Waals surface area contributed by atoms with Gasteiger partial charge in [0.25, 0.3) is 5.91 Å². The van der Waals surface area contributed by atoms with Crippen molar-refractivity contribution >= 4 is 52.3 Å². The molecule has 3 N–H and O–H groups in total. The Hall–Kier alpha value is -4.88. The molecule has 1 unspecified atom stereocenters. The second kappa shape index (κ2) is 15.3. The number of carbonyl (C=O) groups excluding carboxylic acids is 4. The van der Waals surface area contributed by atoms with Crippen LogP contribution in [-0.2, 0) is 19.2 Å². The molecule has 0 saturated carbocycles. The van der Waals surface area contributed by atoms with Gasteiger partial charge in [-0.2, -0.15) is 0 Å². The summed E-state index contributed by atoms with van der Waals surface area (Å²) in [5, 5.41) is 18.6. The Morgan fingerprint density at radius 1 is 0.980 bits per heavy atom. The van der Waals surface area contributed by atoms with E-state index in [1.54, 1.807) is 35.6 Å². The van der Waals surface area contributed by atoms with Gasteiger partial charge in [0, 0.05) is 40.5 Å². The molecule has 1 saturated heterocycles. The van der Waals surface area contributed by atoms with Gasteiger partial charge in [-0.15, -0.1) is 21.5 Å². The summed E-state index contributed by atoms with van der Waals surface area (Å²) in [7, 11) is 0. The second-order valence-electron chi connectivity index (χ2n) is 12.4. The van der Waals surface area contributed by atoms with Crippen LogP contribution in [0.1, 0.15) is 82.8 Å². The van der Waals surface area contributed by atoms with Crippen LogP contribution in [-0.4, -0.2) is 63.8 Å². The fourth-order valence-corrected chi connectivity index (χ4v) is 7.43. The molecule has 0 aliphatic carbocycles. The lowest BCUT2D eigenvalue weighted by Crippen LogP contribution is -2.39. The highest BCUT2D eigenvalue weighted by Gasteiger charge is 2.32. The number of carbonyl (C=O) groups is 4. The maximum atomic E-state index is 13.2. The van der Waals surface area contributed by atoms with Crippen LogP contribution in [0.5, 0.6) is 5.75 Å². The molecule has 2 atom stereocenters. The van der Waals surface area contributed by atoms with Gasteiger partial charge in [0.1, 0.15) is 22.6 Å². The van der Waals surface area contributed by atoms with Crippen molar-refractivity contribution in [2.45, 2.75) is 64.8 Å². The van der Waals surface area contributed by atoms with Crippen LogP contribution < -0.4 is 20.7 Å². The van der Waals surface area contributed by atoms with Gasteiger partial charge in [-0.05, 0) is 75.4 Å². The number of halogens is 1. The molecule has 0 bridgehead atoms. The highest BCUT2D eigenvalue weighted by atomic mass is 35.5. The number of ether oxygens (including phenoxy) is 1. The molecule has 4 aromatic rings. The molecule has 4 heterocycles. The zero-order valence-corrected chi connectivity index (χ0v) is 29.6. The van der Waals surface area contributed by atoms with Gasteiger partial charge in [-0.3, -0.25) is 34.1 Å². The van der Waals surface area contributed by atoms with Crippen LogP contribution in [0.4, 0.5) is 0 Å². The number of nitrogens with zero attached hydrogens (tertiary/aromatic N) is 4. The minimum absolute atomic E-state index is 0.102. The molecular formula is C36H38ClN7O5S. The van der Waals surface area contributed by atoms with Gasteiger partial charge in [0.2, 0.25) is 17.7 Å². The van der Waals surface area contributed by atoms with E-state index in [4.69, 9.17) is 21.3 Å². The Balaban J connectivity index is 0.976. The first-order valence-corrected chi connectivity index (χ1v) is 17.7. The molecule has 1 fully saturated rings. The zero-order chi connectivity index (χ0) is 35.4. The number of aromatic nitrogens is 3. The lowest BCUT2D eigenvalue weighted by molar-refractivity contribution is -0.134. The monoisotopic (exact) mass is 715 g/mol.